The van der Waals surface area contributed by atoms with E-state index >= 15 is 0 Å². The Morgan fingerprint density at radius 3 is 1.90 bits per heavy atom. The average molecular weight is 386 g/mol. The van der Waals surface area contributed by atoms with Crippen molar-refractivity contribution in [2.24, 2.45) is 23.2 Å². The maximum absolute atomic E-state index is 13.4. The van der Waals surface area contributed by atoms with Gasteiger partial charge in [0.25, 0.3) is 0 Å². The first-order valence-corrected chi connectivity index (χ1v) is 10.9. The fraction of sp³-hybridized carbons (Fsp3) is 0.462. The van der Waals surface area contributed by atoms with Gasteiger partial charge in [0.05, 0.1) is 11.6 Å². The van der Waals surface area contributed by atoms with Gasteiger partial charge in [0.2, 0.25) is 0 Å². The highest BCUT2D eigenvalue weighted by molar-refractivity contribution is 5.89. The normalized spacial score (nSPS) is 30.6. The predicted molar refractivity (Wildman–Crippen MR) is 112 cm³/mol. The molecule has 4 aliphatic rings. The van der Waals surface area contributed by atoms with E-state index in [2.05, 4.69) is 6.07 Å². The molecule has 0 unspecified atom stereocenters. The minimum absolute atomic E-state index is 0.114. The number of ketones is 1. The molecule has 3 nitrogen and oxygen atoms in total. The molecule has 2 aromatic carbocycles. The van der Waals surface area contributed by atoms with E-state index in [-0.39, 0.29) is 5.41 Å². The van der Waals surface area contributed by atoms with Gasteiger partial charge in [0, 0.05) is 5.41 Å². The molecule has 0 aromatic heterocycles. The summed E-state index contributed by atoms with van der Waals surface area (Å²) in [6.45, 7) is 1.93. The lowest BCUT2D eigenvalue weighted by molar-refractivity contribution is -0.150. The first kappa shape index (κ1) is 18.4. The molecule has 4 aliphatic carbocycles. The summed E-state index contributed by atoms with van der Waals surface area (Å²) >= 11 is 0. The van der Waals surface area contributed by atoms with Crippen LogP contribution >= 0.6 is 0 Å². The Labute approximate surface area is 172 Å². The number of nitriles is 1. The summed E-state index contributed by atoms with van der Waals surface area (Å²) in [6, 6.07) is 17.6. The van der Waals surface area contributed by atoms with Crippen molar-refractivity contribution in [3.05, 3.63) is 54.1 Å². The first-order valence-electron chi connectivity index (χ1n) is 10.9. The summed E-state index contributed by atoms with van der Waals surface area (Å²) in [6.07, 6.45) is 6.90. The fourth-order valence-electron chi connectivity index (χ4n) is 6.56. The number of rotatable bonds is 5. The highest BCUT2D eigenvalue weighted by Crippen LogP contribution is 2.60. The van der Waals surface area contributed by atoms with Gasteiger partial charge in [0.15, 0.2) is 11.9 Å². The predicted octanol–water partition coefficient (Wildman–Crippen LogP) is 5.78. The number of hydrogen-bond acceptors (Lipinski definition) is 3. The molecule has 6 rings (SSSR count). The number of nitrogens with zero attached hydrogens (tertiary/aromatic N) is 1. The van der Waals surface area contributed by atoms with Crippen LogP contribution in [0.5, 0.6) is 5.75 Å². The molecule has 0 spiro atoms. The number of Topliss-reactive ketones (excluding diaryl/α,β-unsaturated/α-hetero) is 1. The van der Waals surface area contributed by atoms with Gasteiger partial charge < -0.3 is 4.74 Å². The van der Waals surface area contributed by atoms with Crippen LogP contribution in [-0.4, -0.2) is 11.9 Å². The molecular weight excluding hydrogens is 358 g/mol. The monoisotopic (exact) mass is 385 g/mol. The molecule has 29 heavy (non-hydrogen) atoms. The molecule has 148 valence electrons. The molecular formula is C26H27NO2. The van der Waals surface area contributed by atoms with Crippen LogP contribution in [0.25, 0.3) is 11.1 Å². The van der Waals surface area contributed by atoms with Crippen molar-refractivity contribution in [2.75, 3.05) is 0 Å². The molecule has 0 radical (unpaired) electrons. The number of carbonyl (C=O) groups excluding carboxylic acids is 1. The zero-order valence-electron chi connectivity index (χ0n) is 16.9. The van der Waals surface area contributed by atoms with Gasteiger partial charge in [-0.2, -0.15) is 5.26 Å². The third-order valence-corrected chi connectivity index (χ3v) is 7.44. The molecule has 2 aromatic rings. The highest BCUT2D eigenvalue weighted by atomic mass is 16.5. The van der Waals surface area contributed by atoms with E-state index in [1.54, 1.807) is 0 Å². The van der Waals surface area contributed by atoms with Gasteiger partial charge in [0.1, 0.15) is 5.75 Å². The minimum Gasteiger partial charge on any atom is -0.483 e. The standard InChI is InChI=1S/C26H27NO2/c1-17(25(28)26-13-19-10-20(14-26)12-21(11-19)15-26)29-24-8-6-23(7-9-24)22-4-2-18(16-27)3-5-22/h2-9,17,19-21H,10-15H2,1H3/t17-,19?,20?,21?,26?/m0/s1. The second-order valence-electron chi connectivity index (χ2n) is 9.54. The van der Waals surface area contributed by atoms with Crippen LogP contribution in [0.15, 0.2) is 48.5 Å². The Balaban J connectivity index is 1.27. The molecule has 0 saturated heterocycles. The van der Waals surface area contributed by atoms with Crippen molar-refractivity contribution in [3.8, 4) is 22.9 Å². The van der Waals surface area contributed by atoms with Crippen molar-refractivity contribution >= 4 is 5.78 Å². The molecule has 0 N–H and O–H groups in total. The third kappa shape index (κ3) is 3.35. The van der Waals surface area contributed by atoms with Crippen molar-refractivity contribution < 1.29 is 9.53 Å². The van der Waals surface area contributed by atoms with Crippen LogP contribution < -0.4 is 4.74 Å². The maximum Gasteiger partial charge on any atom is 0.179 e. The molecule has 0 heterocycles. The Hall–Kier alpha value is -2.60. The van der Waals surface area contributed by atoms with Crippen molar-refractivity contribution in [1.29, 1.82) is 5.26 Å². The summed E-state index contributed by atoms with van der Waals surface area (Å²) in [5, 5.41) is 8.94. The van der Waals surface area contributed by atoms with E-state index in [9.17, 15) is 4.79 Å². The Kier molecular flexibility index (Phi) is 4.46. The summed E-state index contributed by atoms with van der Waals surface area (Å²) in [7, 11) is 0. The summed E-state index contributed by atoms with van der Waals surface area (Å²) in [5.41, 5.74) is 2.68. The van der Waals surface area contributed by atoms with Gasteiger partial charge in [-0.3, -0.25) is 4.79 Å². The van der Waals surface area contributed by atoms with Crippen molar-refractivity contribution in [2.45, 2.75) is 51.6 Å². The summed E-state index contributed by atoms with van der Waals surface area (Å²) in [4.78, 5) is 13.4. The molecule has 4 fully saturated rings. The number of carbonyl (C=O) groups is 1. The van der Waals surface area contributed by atoms with E-state index in [4.69, 9.17) is 10.00 Å². The second kappa shape index (κ2) is 7.02. The fourth-order valence-corrected chi connectivity index (χ4v) is 6.56. The van der Waals surface area contributed by atoms with Crippen LogP contribution in [0.3, 0.4) is 0 Å². The van der Waals surface area contributed by atoms with E-state index in [1.807, 2.05) is 55.5 Å². The van der Waals surface area contributed by atoms with Gasteiger partial charge in [-0.05, 0) is 98.6 Å². The van der Waals surface area contributed by atoms with Crippen LogP contribution in [0, 0.1) is 34.5 Å². The maximum atomic E-state index is 13.4. The molecule has 0 aliphatic heterocycles. The third-order valence-electron chi connectivity index (χ3n) is 7.44. The number of ether oxygens (including phenoxy) is 1. The first-order chi connectivity index (χ1) is 14.0. The van der Waals surface area contributed by atoms with Crippen molar-refractivity contribution in [3.63, 3.8) is 0 Å². The molecule has 4 saturated carbocycles. The Morgan fingerprint density at radius 1 is 0.931 bits per heavy atom. The minimum atomic E-state index is -0.396. The average Bonchev–Trinajstić information content (AvgIpc) is 2.73. The van der Waals surface area contributed by atoms with E-state index < -0.39 is 6.10 Å². The molecule has 3 heteroatoms. The van der Waals surface area contributed by atoms with E-state index in [0.717, 1.165) is 53.9 Å². The lowest BCUT2D eigenvalue weighted by Gasteiger charge is -2.56. The van der Waals surface area contributed by atoms with Crippen LogP contribution in [0.2, 0.25) is 0 Å². The highest BCUT2D eigenvalue weighted by Gasteiger charge is 2.55. The quantitative estimate of drug-likeness (QED) is 0.656. The molecule has 1 atom stereocenters. The van der Waals surface area contributed by atoms with Crippen molar-refractivity contribution in [1.82, 2.24) is 0 Å². The summed E-state index contributed by atoms with van der Waals surface area (Å²) < 4.78 is 6.10. The van der Waals surface area contributed by atoms with E-state index in [0.29, 0.717) is 11.3 Å². The van der Waals surface area contributed by atoms with Crippen LogP contribution in [0.1, 0.15) is 51.0 Å². The van der Waals surface area contributed by atoms with Gasteiger partial charge >= 0.3 is 0 Å². The van der Waals surface area contributed by atoms with Gasteiger partial charge in [-0.15, -0.1) is 0 Å². The van der Waals surface area contributed by atoms with Gasteiger partial charge in [-0.25, -0.2) is 0 Å². The Morgan fingerprint density at radius 2 is 1.41 bits per heavy atom. The van der Waals surface area contributed by atoms with Crippen LogP contribution in [-0.2, 0) is 4.79 Å². The largest absolute Gasteiger partial charge is 0.483 e. The number of benzene rings is 2. The molecule has 4 bridgehead atoms. The zero-order valence-corrected chi connectivity index (χ0v) is 16.9. The SMILES string of the molecule is C[C@H](Oc1ccc(-c2ccc(C#N)cc2)cc1)C(=O)C12CC3CC(CC(C3)C1)C2. The van der Waals surface area contributed by atoms with E-state index in [1.165, 1.54) is 19.3 Å². The lowest BCUT2D eigenvalue weighted by Crippen LogP contribution is -2.53. The zero-order chi connectivity index (χ0) is 20.0. The Bertz CT molecular complexity index is 916. The molecule has 0 amide bonds. The lowest BCUT2D eigenvalue weighted by atomic mass is 9.48. The second-order valence-corrected chi connectivity index (χ2v) is 9.54. The van der Waals surface area contributed by atoms with Gasteiger partial charge in [-0.1, -0.05) is 24.3 Å². The van der Waals surface area contributed by atoms with Crippen LogP contribution in [0.4, 0.5) is 0 Å². The number of hydrogen-bond donors (Lipinski definition) is 0. The summed E-state index contributed by atoms with van der Waals surface area (Å²) in [5.74, 6) is 3.37. The smallest absolute Gasteiger partial charge is 0.179 e. The topological polar surface area (TPSA) is 50.1 Å².